The van der Waals surface area contributed by atoms with Crippen LogP contribution in [0.25, 0.3) is 0 Å². The van der Waals surface area contributed by atoms with Crippen LogP contribution in [0.2, 0.25) is 0 Å². The molecule has 2 rings (SSSR count). The molecule has 1 saturated carbocycles. The van der Waals surface area contributed by atoms with E-state index in [2.05, 4.69) is 58.1 Å². The average Bonchev–Trinajstić information content (AvgIpc) is 2.87. The number of rotatable bonds is 5. The van der Waals surface area contributed by atoms with E-state index in [1.54, 1.807) is 0 Å². The zero-order valence-electron chi connectivity index (χ0n) is 12.5. The van der Waals surface area contributed by atoms with E-state index in [-0.39, 0.29) is 0 Å². The molecule has 0 radical (unpaired) electrons. The summed E-state index contributed by atoms with van der Waals surface area (Å²) in [4.78, 5) is 0. The Morgan fingerprint density at radius 3 is 2.22 bits per heavy atom. The van der Waals surface area contributed by atoms with E-state index in [1.807, 2.05) is 0 Å². The molecule has 0 amide bonds. The molecule has 1 heteroatoms. The van der Waals surface area contributed by atoms with Gasteiger partial charge in [0, 0.05) is 6.04 Å². The number of hydrogen-bond donors (Lipinski definition) is 1. The summed E-state index contributed by atoms with van der Waals surface area (Å²) in [5.41, 5.74) is 4.76. The van der Waals surface area contributed by atoms with Crippen molar-refractivity contribution < 1.29 is 0 Å². The molecule has 2 unspecified atom stereocenters. The first-order valence-corrected chi connectivity index (χ1v) is 7.25. The molecule has 1 N–H and O–H groups in total. The van der Waals surface area contributed by atoms with E-state index in [0.717, 1.165) is 12.5 Å². The summed E-state index contributed by atoms with van der Waals surface area (Å²) in [6, 6.07) is 7.51. The molecular weight excluding hydrogens is 218 g/mol. The SMILES string of the molecule is CCCNC(c1cc(C)cc(C)c1)C1CC1(C)C. The molecule has 100 valence electrons. The van der Waals surface area contributed by atoms with Crippen molar-refractivity contribution in [3.8, 4) is 0 Å². The Morgan fingerprint density at radius 2 is 1.78 bits per heavy atom. The van der Waals surface area contributed by atoms with Gasteiger partial charge >= 0.3 is 0 Å². The van der Waals surface area contributed by atoms with Crippen LogP contribution in [0.4, 0.5) is 0 Å². The molecule has 1 aliphatic rings. The lowest BCUT2D eigenvalue weighted by molar-refractivity contribution is 0.415. The summed E-state index contributed by atoms with van der Waals surface area (Å²) in [5, 5.41) is 3.76. The van der Waals surface area contributed by atoms with Crippen molar-refractivity contribution in [2.75, 3.05) is 6.54 Å². The summed E-state index contributed by atoms with van der Waals surface area (Å²) in [7, 11) is 0. The predicted octanol–water partition coefficient (Wildman–Crippen LogP) is 4.39. The van der Waals surface area contributed by atoms with Crippen molar-refractivity contribution in [1.29, 1.82) is 0 Å². The van der Waals surface area contributed by atoms with Crippen LogP contribution in [0.15, 0.2) is 18.2 Å². The third-order valence-corrected chi connectivity index (χ3v) is 4.21. The van der Waals surface area contributed by atoms with Gasteiger partial charge in [0.15, 0.2) is 0 Å². The van der Waals surface area contributed by atoms with Crippen molar-refractivity contribution in [2.45, 2.75) is 53.5 Å². The fourth-order valence-corrected chi connectivity index (χ4v) is 3.06. The Bertz CT molecular complexity index is 399. The molecule has 18 heavy (non-hydrogen) atoms. The normalized spacial score (nSPS) is 22.8. The maximum Gasteiger partial charge on any atom is 0.0354 e. The lowest BCUT2D eigenvalue weighted by atomic mass is 9.94. The lowest BCUT2D eigenvalue weighted by Gasteiger charge is -2.22. The molecule has 1 aromatic carbocycles. The molecule has 0 aliphatic heterocycles. The van der Waals surface area contributed by atoms with Crippen molar-refractivity contribution in [1.82, 2.24) is 5.32 Å². The topological polar surface area (TPSA) is 12.0 Å². The highest BCUT2D eigenvalue weighted by Crippen LogP contribution is 2.57. The van der Waals surface area contributed by atoms with Gasteiger partial charge in [-0.15, -0.1) is 0 Å². The van der Waals surface area contributed by atoms with Crippen LogP contribution in [0.5, 0.6) is 0 Å². The van der Waals surface area contributed by atoms with Gasteiger partial charge in [0.1, 0.15) is 0 Å². The first-order valence-electron chi connectivity index (χ1n) is 7.25. The first kappa shape index (κ1) is 13.6. The molecule has 0 aromatic heterocycles. The highest BCUT2D eigenvalue weighted by Gasteiger charge is 2.50. The van der Waals surface area contributed by atoms with Gasteiger partial charge in [0.05, 0.1) is 0 Å². The maximum atomic E-state index is 3.76. The molecule has 2 atom stereocenters. The summed E-state index contributed by atoms with van der Waals surface area (Å²) >= 11 is 0. The van der Waals surface area contributed by atoms with Crippen molar-refractivity contribution >= 4 is 0 Å². The van der Waals surface area contributed by atoms with Crippen LogP contribution in [0, 0.1) is 25.2 Å². The zero-order valence-corrected chi connectivity index (χ0v) is 12.5. The van der Waals surface area contributed by atoms with Gasteiger partial charge < -0.3 is 5.32 Å². The minimum absolute atomic E-state index is 0.517. The highest BCUT2D eigenvalue weighted by molar-refractivity contribution is 5.32. The Labute approximate surface area is 112 Å². The van der Waals surface area contributed by atoms with Gasteiger partial charge in [-0.3, -0.25) is 0 Å². The minimum Gasteiger partial charge on any atom is -0.310 e. The highest BCUT2D eigenvalue weighted by atomic mass is 14.9. The second-order valence-electron chi connectivity index (χ2n) is 6.65. The summed E-state index contributed by atoms with van der Waals surface area (Å²) in [5.74, 6) is 0.797. The number of nitrogens with one attached hydrogen (secondary N) is 1. The molecule has 1 aromatic rings. The molecule has 1 fully saturated rings. The number of aryl methyl sites for hydroxylation is 2. The fraction of sp³-hybridized carbons (Fsp3) is 0.647. The summed E-state index contributed by atoms with van der Waals surface area (Å²) < 4.78 is 0. The van der Waals surface area contributed by atoms with Crippen LogP contribution < -0.4 is 5.32 Å². The molecule has 1 nitrogen and oxygen atoms in total. The van der Waals surface area contributed by atoms with Gasteiger partial charge in [0.2, 0.25) is 0 Å². The third-order valence-electron chi connectivity index (χ3n) is 4.21. The van der Waals surface area contributed by atoms with Crippen LogP contribution >= 0.6 is 0 Å². The van der Waals surface area contributed by atoms with Crippen LogP contribution in [-0.2, 0) is 0 Å². The predicted molar refractivity (Wildman–Crippen MR) is 78.8 cm³/mol. The van der Waals surface area contributed by atoms with Gasteiger partial charge in [-0.25, -0.2) is 0 Å². The second-order valence-corrected chi connectivity index (χ2v) is 6.65. The molecule has 0 heterocycles. The Hall–Kier alpha value is -0.820. The van der Waals surface area contributed by atoms with Crippen LogP contribution in [0.1, 0.15) is 56.3 Å². The molecular formula is C17H27N. The lowest BCUT2D eigenvalue weighted by Crippen LogP contribution is -2.25. The van der Waals surface area contributed by atoms with Gasteiger partial charge in [-0.2, -0.15) is 0 Å². The second kappa shape index (κ2) is 5.05. The monoisotopic (exact) mass is 245 g/mol. The van der Waals surface area contributed by atoms with E-state index in [0.29, 0.717) is 11.5 Å². The van der Waals surface area contributed by atoms with Crippen molar-refractivity contribution in [2.24, 2.45) is 11.3 Å². The smallest absolute Gasteiger partial charge is 0.0354 e. The zero-order chi connectivity index (χ0) is 13.3. The van der Waals surface area contributed by atoms with Crippen LogP contribution in [-0.4, -0.2) is 6.54 Å². The quantitative estimate of drug-likeness (QED) is 0.811. The molecule has 0 bridgehead atoms. The van der Waals surface area contributed by atoms with Crippen LogP contribution in [0.3, 0.4) is 0 Å². The van der Waals surface area contributed by atoms with E-state index in [9.17, 15) is 0 Å². The van der Waals surface area contributed by atoms with Crippen molar-refractivity contribution in [3.05, 3.63) is 34.9 Å². The average molecular weight is 245 g/mol. The van der Waals surface area contributed by atoms with E-state index >= 15 is 0 Å². The molecule has 0 spiro atoms. The third kappa shape index (κ3) is 2.95. The Kier molecular flexibility index (Phi) is 3.82. The van der Waals surface area contributed by atoms with Gasteiger partial charge in [0.25, 0.3) is 0 Å². The summed E-state index contributed by atoms with van der Waals surface area (Å²) in [6.45, 7) is 12.5. The van der Waals surface area contributed by atoms with Gasteiger partial charge in [-0.1, -0.05) is 50.1 Å². The largest absolute Gasteiger partial charge is 0.310 e. The van der Waals surface area contributed by atoms with E-state index < -0.39 is 0 Å². The first-order chi connectivity index (χ1) is 8.44. The number of hydrogen-bond acceptors (Lipinski definition) is 1. The van der Waals surface area contributed by atoms with Crippen molar-refractivity contribution in [3.63, 3.8) is 0 Å². The van der Waals surface area contributed by atoms with E-state index in [1.165, 1.54) is 29.5 Å². The number of benzene rings is 1. The Balaban J connectivity index is 2.22. The maximum absolute atomic E-state index is 3.76. The Morgan fingerprint density at radius 1 is 1.22 bits per heavy atom. The summed E-state index contributed by atoms with van der Waals surface area (Å²) in [6.07, 6.45) is 2.55. The molecule has 0 saturated heterocycles. The minimum atomic E-state index is 0.517. The fourth-order valence-electron chi connectivity index (χ4n) is 3.06. The van der Waals surface area contributed by atoms with Gasteiger partial charge in [-0.05, 0) is 50.1 Å². The van der Waals surface area contributed by atoms with E-state index in [4.69, 9.17) is 0 Å². The molecule has 1 aliphatic carbocycles. The standard InChI is InChI=1S/C17H27N/c1-6-7-18-16(15-11-17(15,4)5)14-9-12(2)8-13(3)10-14/h8-10,15-16,18H,6-7,11H2,1-5H3.